The van der Waals surface area contributed by atoms with Crippen molar-refractivity contribution in [3.8, 4) is 0 Å². The molecule has 110 valence electrons. The first-order valence-electron chi connectivity index (χ1n) is 6.90. The first-order valence-corrected chi connectivity index (χ1v) is 6.90. The van der Waals surface area contributed by atoms with Gasteiger partial charge in [-0.3, -0.25) is 14.4 Å². The standard InChI is InChI=1S/C15H17N3O3/c1-15-8-18(12(19)6-16)7-11(15)17-14(21)10-5-3-2-4-9(10)13(15)20/h2-5,11H,6-8,16H2,1H3,(H,17,21)/t11-,15+/m1/s1. The largest absolute Gasteiger partial charge is 0.346 e. The molecule has 3 rings (SSSR count). The van der Waals surface area contributed by atoms with E-state index in [9.17, 15) is 14.4 Å². The minimum Gasteiger partial charge on any atom is -0.346 e. The van der Waals surface area contributed by atoms with Crippen molar-refractivity contribution in [3.63, 3.8) is 0 Å². The quantitative estimate of drug-likeness (QED) is 0.747. The molecule has 6 heteroatoms. The third kappa shape index (κ3) is 1.94. The highest BCUT2D eigenvalue weighted by molar-refractivity contribution is 6.12. The maximum absolute atomic E-state index is 12.9. The summed E-state index contributed by atoms with van der Waals surface area (Å²) in [5.74, 6) is -0.580. The van der Waals surface area contributed by atoms with E-state index in [0.29, 0.717) is 17.7 Å². The Morgan fingerprint density at radius 2 is 2.05 bits per heavy atom. The first-order chi connectivity index (χ1) is 9.97. The van der Waals surface area contributed by atoms with Crippen LogP contribution in [0.2, 0.25) is 0 Å². The summed E-state index contributed by atoms with van der Waals surface area (Å²) in [6.07, 6.45) is 0. The van der Waals surface area contributed by atoms with Crippen LogP contribution in [0, 0.1) is 5.41 Å². The fourth-order valence-corrected chi connectivity index (χ4v) is 3.17. The Hall–Kier alpha value is -2.21. The van der Waals surface area contributed by atoms with E-state index in [1.54, 1.807) is 36.1 Å². The van der Waals surface area contributed by atoms with Crippen LogP contribution in [0.1, 0.15) is 27.6 Å². The van der Waals surface area contributed by atoms with E-state index >= 15 is 0 Å². The summed E-state index contributed by atoms with van der Waals surface area (Å²) in [5.41, 5.74) is 5.39. The first kappa shape index (κ1) is 13.8. The van der Waals surface area contributed by atoms with Gasteiger partial charge < -0.3 is 16.0 Å². The third-order valence-corrected chi connectivity index (χ3v) is 4.46. The molecule has 1 fully saturated rings. The zero-order chi connectivity index (χ0) is 15.2. The van der Waals surface area contributed by atoms with E-state index in [1.807, 2.05) is 0 Å². The van der Waals surface area contributed by atoms with Gasteiger partial charge in [-0.15, -0.1) is 0 Å². The zero-order valence-corrected chi connectivity index (χ0v) is 11.8. The third-order valence-electron chi connectivity index (χ3n) is 4.46. The molecular weight excluding hydrogens is 270 g/mol. The normalized spacial score (nSPS) is 27.7. The average Bonchev–Trinajstić information content (AvgIpc) is 2.80. The predicted molar refractivity (Wildman–Crippen MR) is 75.8 cm³/mol. The van der Waals surface area contributed by atoms with Crippen molar-refractivity contribution in [2.24, 2.45) is 11.1 Å². The Morgan fingerprint density at radius 3 is 2.71 bits per heavy atom. The average molecular weight is 287 g/mol. The van der Waals surface area contributed by atoms with Gasteiger partial charge in [0.1, 0.15) is 0 Å². The Morgan fingerprint density at radius 1 is 1.38 bits per heavy atom. The summed E-state index contributed by atoms with van der Waals surface area (Å²) in [5, 5.41) is 2.88. The molecule has 2 aliphatic rings. The van der Waals surface area contributed by atoms with E-state index in [-0.39, 0.29) is 36.7 Å². The van der Waals surface area contributed by atoms with E-state index in [4.69, 9.17) is 5.73 Å². The van der Waals surface area contributed by atoms with E-state index < -0.39 is 5.41 Å². The van der Waals surface area contributed by atoms with Crippen LogP contribution in [0.4, 0.5) is 0 Å². The molecule has 1 aromatic rings. The topological polar surface area (TPSA) is 92.5 Å². The number of likely N-dealkylation sites (tertiary alicyclic amines) is 1. The highest BCUT2D eigenvalue weighted by Crippen LogP contribution is 2.37. The smallest absolute Gasteiger partial charge is 0.252 e. The number of carbonyl (C=O) groups excluding carboxylic acids is 3. The lowest BCUT2D eigenvalue weighted by Crippen LogP contribution is -2.47. The van der Waals surface area contributed by atoms with E-state index in [2.05, 4.69) is 5.32 Å². The molecule has 0 saturated carbocycles. The van der Waals surface area contributed by atoms with Gasteiger partial charge in [-0.25, -0.2) is 0 Å². The highest BCUT2D eigenvalue weighted by atomic mass is 16.2. The number of ketones is 1. The van der Waals surface area contributed by atoms with Gasteiger partial charge in [0.05, 0.1) is 23.6 Å². The minimum absolute atomic E-state index is 0.0957. The molecule has 0 radical (unpaired) electrons. The van der Waals surface area contributed by atoms with Crippen LogP contribution in [-0.4, -0.2) is 48.2 Å². The summed E-state index contributed by atoms with van der Waals surface area (Å²) in [6, 6.07) is 6.40. The Labute approximate surface area is 122 Å². The van der Waals surface area contributed by atoms with Gasteiger partial charge in [0.15, 0.2) is 5.78 Å². The van der Waals surface area contributed by atoms with Gasteiger partial charge >= 0.3 is 0 Å². The van der Waals surface area contributed by atoms with Crippen LogP contribution in [0.15, 0.2) is 24.3 Å². The van der Waals surface area contributed by atoms with Crippen molar-refractivity contribution in [1.82, 2.24) is 10.2 Å². The summed E-state index contributed by atoms with van der Waals surface area (Å²) >= 11 is 0. The molecule has 2 atom stereocenters. The maximum Gasteiger partial charge on any atom is 0.252 e. The van der Waals surface area contributed by atoms with Gasteiger partial charge in [0, 0.05) is 18.7 Å². The molecule has 3 N–H and O–H groups in total. The van der Waals surface area contributed by atoms with E-state index in [1.165, 1.54) is 0 Å². The number of hydrogen-bond donors (Lipinski definition) is 2. The molecule has 0 aromatic heterocycles. The lowest BCUT2D eigenvalue weighted by Gasteiger charge is -2.26. The number of benzene rings is 1. The van der Waals surface area contributed by atoms with Gasteiger partial charge in [-0.1, -0.05) is 18.2 Å². The summed E-state index contributed by atoms with van der Waals surface area (Å²) < 4.78 is 0. The number of nitrogens with two attached hydrogens (primary N) is 1. The van der Waals surface area contributed by atoms with Crippen molar-refractivity contribution in [2.75, 3.05) is 19.6 Å². The lowest BCUT2D eigenvalue weighted by molar-refractivity contribution is -0.128. The van der Waals surface area contributed by atoms with Crippen molar-refractivity contribution in [2.45, 2.75) is 13.0 Å². The van der Waals surface area contributed by atoms with Gasteiger partial charge in [-0.2, -0.15) is 0 Å². The number of hydrogen-bond acceptors (Lipinski definition) is 4. The Kier molecular flexibility index (Phi) is 3.06. The number of rotatable bonds is 1. The minimum atomic E-state index is -0.812. The van der Waals surface area contributed by atoms with Gasteiger partial charge in [-0.05, 0) is 13.0 Å². The monoisotopic (exact) mass is 287 g/mol. The SMILES string of the molecule is C[C@]12CN(C(=O)CN)C[C@H]1NC(=O)c1ccccc1C2=O. The number of carbonyl (C=O) groups is 3. The van der Waals surface area contributed by atoms with Gasteiger partial charge in [0.25, 0.3) is 5.91 Å². The Bertz CT molecular complexity index is 643. The van der Waals surface area contributed by atoms with Crippen molar-refractivity contribution in [1.29, 1.82) is 0 Å². The molecule has 0 spiro atoms. The second kappa shape index (κ2) is 4.66. The van der Waals surface area contributed by atoms with Crippen LogP contribution in [-0.2, 0) is 4.79 Å². The molecule has 1 saturated heterocycles. The molecule has 2 amide bonds. The zero-order valence-electron chi connectivity index (χ0n) is 11.8. The summed E-state index contributed by atoms with van der Waals surface area (Å²) in [7, 11) is 0. The number of nitrogens with one attached hydrogen (secondary N) is 1. The molecule has 0 unspecified atom stereocenters. The molecule has 0 aliphatic carbocycles. The molecule has 1 aromatic carbocycles. The molecule has 2 heterocycles. The fourth-order valence-electron chi connectivity index (χ4n) is 3.17. The molecular formula is C15H17N3O3. The van der Waals surface area contributed by atoms with E-state index in [0.717, 1.165) is 0 Å². The Balaban J connectivity index is 2.04. The van der Waals surface area contributed by atoms with Gasteiger partial charge in [0.2, 0.25) is 5.91 Å². The predicted octanol–water partition coefficient (Wildman–Crippen LogP) is -0.211. The molecule has 6 nitrogen and oxygen atoms in total. The number of fused-ring (bicyclic) bond motifs is 2. The number of Topliss-reactive ketones (excluding diaryl/α,β-unsaturated/α-hetero) is 1. The second-order valence-electron chi connectivity index (χ2n) is 5.80. The van der Waals surface area contributed by atoms with Crippen LogP contribution < -0.4 is 11.1 Å². The van der Waals surface area contributed by atoms with Crippen LogP contribution in [0.5, 0.6) is 0 Å². The number of nitrogens with zero attached hydrogens (tertiary/aromatic N) is 1. The van der Waals surface area contributed by atoms with Crippen LogP contribution in [0.3, 0.4) is 0 Å². The van der Waals surface area contributed by atoms with Crippen LogP contribution >= 0.6 is 0 Å². The summed E-state index contributed by atoms with van der Waals surface area (Å²) in [6.45, 7) is 2.30. The van der Waals surface area contributed by atoms with Crippen molar-refractivity contribution < 1.29 is 14.4 Å². The molecule has 2 aliphatic heterocycles. The lowest BCUT2D eigenvalue weighted by atomic mass is 9.78. The summed E-state index contributed by atoms with van der Waals surface area (Å²) in [4.78, 5) is 38.5. The molecule has 21 heavy (non-hydrogen) atoms. The fraction of sp³-hybridized carbons (Fsp3) is 0.400. The molecule has 0 bridgehead atoms. The maximum atomic E-state index is 12.9. The highest BCUT2D eigenvalue weighted by Gasteiger charge is 2.52. The van der Waals surface area contributed by atoms with Crippen molar-refractivity contribution in [3.05, 3.63) is 35.4 Å². The number of amides is 2. The second-order valence-corrected chi connectivity index (χ2v) is 5.80. The van der Waals surface area contributed by atoms with Crippen LogP contribution in [0.25, 0.3) is 0 Å². The van der Waals surface area contributed by atoms with Crippen molar-refractivity contribution >= 4 is 17.6 Å².